The number of nitrogens with zero attached hydrogens (tertiary/aromatic N) is 5. The number of amides is 2. The first-order valence-electron chi connectivity index (χ1n) is 11.9. The second kappa shape index (κ2) is 9.16. The maximum Gasteiger partial charge on any atom is 0.269 e. The van der Waals surface area contributed by atoms with Gasteiger partial charge in [-0.05, 0) is 30.2 Å². The average Bonchev–Trinajstić information content (AvgIpc) is 2.87. The average molecular weight is 482 g/mol. The van der Waals surface area contributed by atoms with Crippen molar-refractivity contribution in [3.63, 3.8) is 0 Å². The number of non-ortho nitro benzene ring substituents is 1. The Labute approximate surface area is 202 Å². The number of piperazine rings is 2. The number of fused-ring (bicyclic) bond motifs is 3. The van der Waals surface area contributed by atoms with E-state index in [2.05, 4.69) is 4.90 Å². The van der Waals surface area contributed by atoms with E-state index in [1.807, 2.05) is 4.90 Å². The molecule has 2 aromatic rings. The molecule has 0 radical (unpaired) electrons. The Morgan fingerprint density at radius 1 is 0.971 bits per heavy atom. The molecule has 2 saturated heterocycles. The predicted octanol–water partition coefficient (Wildman–Crippen LogP) is 2.29. The van der Waals surface area contributed by atoms with Crippen LogP contribution in [0.2, 0.25) is 0 Å². The number of nitro groups is 1. The summed E-state index contributed by atoms with van der Waals surface area (Å²) in [4.78, 5) is 44.2. The molecule has 9 nitrogen and oxygen atoms in total. The largest absolute Gasteiger partial charge is 0.365 e. The van der Waals surface area contributed by atoms with E-state index in [0.717, 1.165) is 11.3 Å². The van der Waals surface area contributed by atoms with E-state index < -0.39 is 10.8 Å². The van der Waals surface area contributed by atoms with Crippen molar-refractivity contribution in [3.05, 3.63) is 64.0 Å². The first-order valence-corrected chi connectivity index (χ1v) is 11.9. The third-order valence-electron chi connectivity index (χ3n) is 7.45. The molecule has 5 rings (SSSR count). The zero-order valence-electron chi connectivity index (χ0n) is 19.6. The topological polar surface area (TPSA) is 90.2 Å². The van der Waals surface area contributed by atoms with Gasteiger partial charge in [-0.15, -0.1) is 0 Å². The van der Waals surface area contributed by atoms with Gasteiger partial charge in [0.2, 0.25) is 11.8 Å². The molecule has 0 aliphatic carbocycles. The van der Waals surface area contributed by atoms with Crippen molar-refractivity contribution < 1.29 is 18.9 Å². The number of anilines is 2. The lowest BCUT2D eigenvalue weighted by atomic mass is 9.82. The first kappa shape index (κ1) is 23.1. The maximum atomic E-state index is 14.6. The van der Waals surface area contributed by atoms with Gasteiger partial charge in [-0.2, -0.15) is 0 Å². The van der Waals surface area contributed by atoms with E-state index in [1.165, 1.54) is 19.1 Å². The molecule has 2 atom stereocenters. The fraction of sp³-hybridized carbons (Fsp3) is 0.440. The minimum absolute atomic E-state index is 0.00464. The van der Waals surface area contributed by atoms with Crippen LogP contribution in [0.3, 0.4) is 0 Å². The van der Waals surface area contributed by atoms with Crippen molar-refractivity contribution in [1.82, 2.24) is 9.80 Å². The number of benzene rings is 2. The van der Waals surface area contributed by atoms with Crippen LogP contribution in [0.5, 0.6) is 0 Å². The third-order valence-corrected chi connectivity index (χ3v) is 7.45. The van der Waals surface area contributed by atoms with Crippen molar-refractivity contribution >= 4 is 28.9 Å². The van der Waals surface area contributed by atoms with Crippen molar-refractivity contribution in [3.8, 4) is 0 Å². The number of para-hydroxylation sites is 1. The lowest BCUT2D eigenvalue weighted by molar-refractivity contribution is -0.384. The highest BCUT2D eigenvalue weighted by Crippen LogP contribution is 2.39. The summed E-state index contributed by atoms with van der Waals surface area (Å²) < 4.78 is 14.6. The molecule has 3 aliphatic rings. The minimum atomic E-state index is -0.428. The lowest BCUT2D eigenvalue weighted by Gasteiger charge is -2.50. The van der Waals surface area contributed by atoms with E-state index in [0.29, 0.717) is 57.9 Å². The quantitative estimate of drug-likeness (QED) is 0.494. The van der Waals surface area contributed by atoms with E-state index in [1.54, 1.807) is 40.1 Å². The molecule has 2 fully saturated rings. The number of nitro benzene ring substituents is 1. The fourth-order valence-corrected chi connectivity index (χ4v) is 5.61. The van der Waals surface area contributed by atoms with E-state index in [9.17, 15) is 24.1 Å². The van der Waals surface area contributed by atoms with E-state index in [4.69, 9.17) is 0 Å². The standard InChI is InChI=1S/C25H28FN5O4/c1-17(32)27-8-10-28(11-9-27)25(33)20-15-18-14-19(31(34)35)6-7-22(18)30-13-12-29(16-24(20)30)23-5-3-2-4-21(23)26/h2-7,14,20,24H,8-13,15-16H2,1H3. The summed E-state index contributed by atoms with van der Waals surface area (Å²) in [5.41, 5.74) is 2.21. The lowest BCUT2D eigenvalue weighted by Crippen LogP contribution is -2.62. The molecule has 0 aromatic heterocycles. The van der Waals surface area contributed by atoms with Crippen molar-refractivity contribution in [2.45, 2.75) is 19.4 Å². The first-order chi connectivity index (χ1) is 16.8. The van der Waals surface area contributed by atoms with Gasteiger partial charge in [-0.1, -0.05) is 12.1 Å². The second-order valence-electron chi connectivity index (χ2n) is 9.37. The summed E-state index contributed by atoms with van der Waals surface area (Å²) in [6.07, 6.45) is 0.384. The Kier molecular flexibility index (Phi) is 6.04. The van der Waals surface area contributed by atoms with Crippen LogP contribution in [0.25, 0.3) is 0 Å². The molecule has 2 aromatic carbocycles. The van der Waals surface area contributed by atoms with Crippen LogP contribution in [-0.2, 0) is 16.0 Å². The van der Waals surface area contributed by atoms with Crippen LogP contribution in [0, 0.1) is 21.8 Å². The molecule has 184 valence electrons. The molecule has 0 bridgehead atoms. The Bertz CT molecular complexity index is 1170. The summed E-state index contributed by atoms with van der Waals surface area (Å²) in [5, 5.41) is 11.4. The van der Waals surface area contributed by atoms with Gasteiger partial charge < -0.3 is 19.6 Å². The zero-order valence-corrected chi connectivity index (χ0v) is 19.6. The summed E-state index contributed by atoms with van der Waals surface area (Å²) in [6, 6.07) is 11.3. The van der Waals surface area contributed by atoms with Crippen LogP contribution in [0.4, 0.5) is 21.5 Å². The van der Waals surface area contributed by atoms with Crippen molar-refractivity contribution in [1.29, 1.82) is 0 Å². The van der Waals surface area contributed by atoms with Gasteiger partial charge in [-0.25, -0.2) is 4.39 Å². The summed E-state index contributed by atoms with van der Waals surface area (Å²) >= 11 is 0. The van der Waals surface area contributed by atoms with E-state index in [-0.39, 0.29) is 29.4 Å². The molecule has 3 heterocycles. The Hall–Kier alpha value is -3.69. The van der Waals surface area contributed by atoms with Gasteiger partial charge in [0.1, 0.15) is 5.82 Å². The molecule has 0 spiro atoms. The van der Waals surface area contributed by atoms with Gasteiger partial charge in [0.05, 0.1) is 22.6 Å². The smallest absolute Gasteiger partial charge is 0.269 e. The number of carbonyl (C=O) groups is 2. The summed E-state index contributed by atoms with van der Waals surface area (Å²) in [7, 11) is 0. The van der Waals surface area contributed by atoms with E-state index >= 15 is 0 Å². The van der Waals surface area contributed by atoms with Crippen molar-refractivity contribution in [2.24, 2.45) is 5.92 Å². The number of halogens is 1. The van der Waals surface area contributed by atoms with Gasteiger partial charge in [0.25, 0.3) is 5.69 Å². The van der Waals surface area contributed by atoms with Gasteiger partial charge in [0.15, 0.2) is 0 Å². The highest BCUT2D eigenvalue weighted by atomic mass is 19.1. The number of rotatable bonds is 3. The van der Waals surface area contributed by atoms with Crippen LogP contribution < -0.4 is 9.80 Å². The Morgan fingerprint density at radius 3 is 2.37 bits per heavy atom. The fourth-order valence-electron chi connectivity index (χ4n) is 5.61. The van der Waals surface area contributed by atoms with Crippen LogP contribution in [-0.4, -0.2) is 78.4 Å². The summed E-state index contributed by atoms with van der Waals surface area (Å²) in [5.74, 6) is -0.746. The highest BCUT2D eigenvalue weighted by Gasteiger charge is 2.44. The minimum Gasteiger partial charge on any atom is -0.365 e. The molecular formula is C25H28FN5O4. The van der Waals surface area contributed by atoms with Gasteiger partial charge in [-0.3, -0.25) is 19.7 Å². The molecular weight excluding hydrogens is 453 g/mol. The van der Waals surface area contributed by atoms with Crippen LogP contribution in [0.1, 0.15) is 12.5 Å². The molecule has 35 heavy (non-hydrogen) atoms. The van der Waals surface area contributed by atoms with Crippen LogP contribution >= 0.6 is 0 Å². The maximum absolute atomic E-state index is 14.6. The van der Waals surface area contributed by atoms with Crippen molar-refractivity contribution in [2.75, 3.05) is 55.6 Å². The molecule has 10 heteroatoms. The SMILES string of the molecule is CC(=O)N1CCN(C(=O)C2Cc3cc([N+](=O)[O-])ccc3N3CCN(c4ccccc4F)CC23)CC1. The zero-order chi connectivity index (χ0) is 24.7. The normalized spacial score (nSPS) is 21.9. The number of hydrogen-bond donors (Lipinski definition) is 0. The van der Waals surface area contributed by atoms with Gasteiger partial charge in [0, 0.05) is 70.6 Å². The third kappa shape index (κ3) is 4.28. The van der Waals surface area contributed by atoms with Crippen LogP contribution in [0.15, 0.2) is 42.5 Å². The molecule has 0 N–H and O–H groups in total. The summed E-state index contributed by atoms with van der Waals surface area (Å²) in [6.45, 7) is 5.05. The molecule has 3 aliphatic heterocycles. The van der Waals surface area contributed by atoms with Gasteiger partial charge >= 0.3 is 0 Å². The Balaban J connectivity index is 1.46. The number of carbonyl (C=O) groups excluding carboxylic acids is 2. The second-order valence-corrected chi connectivity index (χ2v) is 9.37. The Morgan fingerprint density at radius 2 is 1.69 bits per heavy atom. The predicted molar refractivity (Wildman–Crippen MR) is 129 cm³/mol. The number of hydrogen-bond acceptors (Lipinski definition) is 6. The molecule has 2 amide bonds. The monoisotopic (exact) mass is 481 g/mol. The highest BCUT2D eigenvalue weighted by molar-refractivity contribution is 5.83. The molecule has 2 unspecified atom stereocenters. The molecule has 0 saturated carbocycles.